The number of fused-ring (bicyclic) bond motifs is 1. The van der Waals surface area contributed by atoms with Crippen molar-refractivity contribution < 1.29 is 0 Å². The summed E-state index contributed by atoms with van der Waals surface area (Å²) < 4.78 is 0.937. The first kappa shape index (κ1) is 13.0. The maximum absolute atomic E-state index is 6.17. The van der Waals surface area contributed by atoms with Gasteiger partial charge in [0.15, 0.2) is 0 Å². The molecule has 0 unspecified atom stereocenters. The van der Waals surface area contributed by atoms with Crippen molar-refractivity contribution in [3.8, 4) is 0 Å². The summed E-state index contributed by atoms with van der Waals surface area (Å²) in [7, 11) is 0. The van der Waals surface area contributed by atoms with Crippen molar-refractivity contribution in [2.24, 2.45) is 0 Å². The van der Waals surface area contributed by atoms with Crippen molar-refractivity contribution >= 4 is 50.2 Å². The fourth-order valence-corrected chi connectivity index (χ4v) is 2.95. The molecule has 0 aliphatic heterocycles. The largest absolute Gasteiger partial charge is 0.342 e. The van der Waals surface area contributed by atoms with Crippen LogP contribution in [0.1, 0.15) is 11.4 Å². The van der Waals surface area contributed by atoms with Gasteiger partial charge in [0, 0.05) is 15.9 Å². The molecule has 2 aromatic carbocycles. The van der Waals surface area contributed by atoms with Gasteiger partial charge < -0.3 is 4.98 Å². The highest BCUT2D eigenvalue weighted by molar-refractivity contribution is 9.10. The first-order valence-corrected chi connectivity index (χ1v) is 7.25. The maximum atomic E-state index is 6.17. The molecule has 0 saturated heterocycles. The lowest BCUT2D eigenvalue weighted by Gasteiger charge is -1.97. The minimum absolute atomic E-state index is 0.642. The summed E-state index contributed by atoms with van der Waals surface area (Å²) in [5.41, 5.74) is 2.89. The van der Waals surface area contributed by atoms with Crippen molar-refractivity contribution in [1.82, 2.24) is 9.97 Å². The molecule has 0 saturated carbocycles. The van der Waals surface area contributed by atoms with Gasteiger partial charge in [0.1, 0.15) is 11.3 Å². The predicted octanol–water partition coefficient (Wildman–Crippen LogP) is 5.22. The fraction of sp³-hybridized carbons (Fsp3) is 0.0714. The van der Waals surface area contributed by atoms with Gasteiger partial charge in [-0.3, -0.25) is 0 Å². The number of benzene rings is 2. The van der Waals surface area contributed by atoms with Gasteiger partial charge in [-0.2, -0.15) is 0 Å². The molecule has 96 valence electrons. The van der Waals surface area contributed by atoms with Crippen molar-refractivity contribution in [1.29, 1.82) is 0 Å². The lowest BCUT2D eigenvalue weighted by molar-refractivity contribution is 1.04. The molecule has 0 amide bonds. The fourth-order valence-electron chi connectivity index (χ4n) is 1.97. The zero-order valence-electron chi connectivity index (χ0n) is 9.75. The smallest absolute Gasteiger partial charge is 0.111 e. The normalized spacial score (nSPS) is 11.1. The quantitative estimate of drug-likeness (QED) is 0.670. The molecule has 2 nitrogen and oxygen atoms in total. The second-order valence-electron chi connectivity index (χ2n) is 4.27. The van der Waals surface area contributed by atoms with Crippen LogP contribution in [-0.4, -0.2) is 9.97 Å². The molecule has 1 heterocycles. The van der Waals surface area contributed by atoms with Crippen LogP contribution in [0, 0.1) is 0 Å². The number of nitrogens with one attached hydrogen (secondary N) is 1. The average molecular weight is 356 g/mol. The Morgan fingerprint density at radius 2 is 1.84 bits per heavy atom. The van der Waals surface area contributed by atoms with Crippen LogP contribution in [-0.2, 0) is 6.42 Å². The Balaban J connectivity index is 1.97. The average Bonchev–Trinajstić information content (AvgIpc) is 2.75. The molecule has 3 aromatic rings. The Kier molecular flexibility index (Phi) is 3.52. The second-order valence-corrected chi connectivity index (χ2v) is 6.03. The Morgan fingerprint density at radius 3 is 2.58 bits per heavy atom. The highest BCUT2D eigenvalue weighted by Crippen LogP contribution is 2.27. The van der Waals surface area contributed by atoms with E-state index in [1.165, 1.54) is 0 Å². The van der Waals surface area contributed by atoms with E-state index in [1.54, 1.807) is 0 Å². The van der Waals surface area contributed by atoms with E-state index in [1.807, 2.05) is 36.4 Å². The molecule has 0 atom stereocenters. The van der Waals surface area contributed by atoms with E-state index >= 15 is 0 Å². The first-order chi connectivity index (χ1) is 9.11. The van der Waals surface area contributed by atoms with Crippen LogP contribution in [0.3, 0.4) is 0 Å². The van der Waals surface area contributed by atoms with Gasteiger partial charge in [-0.15, -0.1) is 0 Å². The van der Waals surface area contributed by atoms with Gasteiger partial charge in [0.2, 0.25) is 0 Å². The number of nitrogens with zero attached hydrogens (tertiary/aromatic N) is 1. The van der Waals surface area contributed by atoms with E-state index in [0.29, 0.717) is 5.02 Å². The van der Waals surface area contributed by atoms with Gasteiger partial charge in [-0.25, -0.2) is 4.98 Å². The van der Waals surface area contributed by atoms with Crippen molar-refractivity contribution in [3.05, 3.63) is 62.3 Å². The Morgan fingerprint density at radius 1 is 1.11 bits per heavy atom. The van der Waals surface area contributed by atoms with Crippen molar-refractivity contribution in [3.63, 3.8) is 0 Å². The summed E-state index contributed by atoms with van der Waals surface area (Å²) in [6.07, 6.45) is 0.722. The van der Waals surface area contributed by atoms with Crippen molar-refractivity contribution in [2.75, 3.05) is 0 Å². The third-order valence-electron chi connectivity index (χ3n) is 2.84. The summed E-state index contributed by atoms with van der Waals surface area (Å²) in [5.74, 6) is 0.886. The first-order valence-electron chi connectivity index (χ1n) is 5.70. The Hall–Kier alpha value is -1.03. The number of imidazole rings is 1. The topological polar surface area (TPSA) is 28.7 Å². The molecule has 0 spiro atoms. The molecule has 1 N–H and O–H groups in total. The number of aromatic amines is 1. The summed E-state index contributed by atoms with van der Waals surface area (Å²) in [5, 5.41) is 1.38. The van der Waals surface area contributed by atoms with Crippen LogP contribution in [0.15, 0.2) is 40.9 Å². The lowest BCUT2D eigenvalue weighted by Crippen LogP contribution is -1.89. The molecule has 3 rings (SSSR count). The summed E-state index contributed by atoms with van der Waals surface area (Å²) in [6.45, 7) is 0. The standard InChI is InChI=1S/C14H9BrCl2N2/c15-9-6-11(17)14-12(7-9)18-13(19-14)5-8-1-3-10(16)4-2-8/h1-4,6-7H,5H2,(H,18,19). The molecule has 0 bridgehead atoms. The van der Waals surface area contributed by atoms with E-state index in [4.69, 9.17) is 23.2 Å². The molecule has 0 fully saturated rings. The van der Waals surface area contributed by atoms with E-state index in [-0.39, 0.29) is 0 Å². The van der Waals surface area contributed by atoms with Gasteiger partial charge >= 0.3 is 0 Å². The number of aromatic nitrogens is 2. The second kappa shape index (κ2) is 5.16. The molecular weight excluding hydrogens is 347 g/mol. The van der Waals surface area contributed by atoms with Gasteiger partial charge in [0.05, 0.1) is 10.5 Å². The zero-order valence-corrected chi connectivity index (χ0v) is 12.9. The van der Waals surface area contributed by atoms with E-state index in [9.17, 15) is 0 Å². The van der Waals surface area contributed by atoms with Crippen molar-refractivity contribution in [2.45, 2.75) is 6.42 Å². The molecule has 0 aliphatic rings. The van der Waals surface area contributed by atoms with Crippen LogP contribution >= 0.6 is 39.1 Å². The van der Waals surface area contributed by atoms with Gasteiger partial charge in [-0.05, 0) is 29.8 Å². The number of halogens is 3. The van der Waals surface area contributed by atoms with Crippen LogP contribution in [0.5, 0.6) is 0 Å². The molecule has 0 radical (unpaired) electrons. The van der Waals surface area contributed by atoms with Crippen LogP contribution in [0.4, 0.5) is 0 Å². The Bertz CT molecular complexity index is 735. The molecule has 0 aliphatic carbocycles. The van der Waals surface area contributed by atoms with Gasteiger partial charge in [-0.1, -0.05) is 51.3 Å². The van der Waals surface area contributed by atoms with Gasteiger partial charge in [0.25, 0.3) is 0 Å². The highest BCUT2D eigenvalue weighted by Gasteiger charge is 2.08. The number of hydrogen-bond donors (Lipinski definition) is 1. The monoisotopic (exact) mass is 354 g/mol. The third-order valence-corrected chi connectivity index (χ3v) is 3.84. The number of H-pyrrole nitrogens is 1. The van der Waals surface area contributed by atoms with Crippen LogP contribution in [0.2, 0.25) is 10.0 Å². The van der Waals surface area contributed by atoms with E-state index in [0.717, 1.165) is 38.3 Å². The highest BCUT2D eigenvalue weighted by atomic mass is 79.9. The maximum Gasteiger partial charge on any atom is 0.111 e. The SMILES string of the molecule is Clc1ccc(Cc2nc3c(Cl)cc(Br)cc3[nH]2)cc1. The van der Waals surface area contributed by atoms with E-state index in [2.05, 4.69) is 25.9 Å². The van der Waals surface area contributed by atoms with Crippen LogP contribution in [0.25, 0.3) is 11.0 Å². The summed E-state index contributed by atoms with van der Waals surface area (Å²) in [6, 6.07) is 11.6. The zero-order chi connectivity index (χ0) is 13.4. The number of hydrogen-bond acceptors (Lipinski definition) is 1. The minimum Gasteiger partial charge on any atom is -0.342 e. The number of rotatable bonds is 2. The minimum atomic E-state index is 0.642. The molecular formula is C14H9BrCl2N2. The molecule has 19 heavy (non-hydrogen) atoms. The molecule has 1 aromatic heterocycles. The summed E-state index contributed by atoms with van der Waals surface area (Å²) >= 11 is 15.5. The predicted molar refractivity (Wildman–Crippen MR) is 83.1 cm³/mol. The van der Waals surface area contributed by atoms with E-state index < -0.39 is 0 Å². The summed E-state index contributed by atoms with van der Waals surface area (Å²) in [4.78, 5) is 7.81. The molecule has 5 heteroatoms. The van der Waals surface area contributed by atoms with Crippen LogP contribution < -0.4 is 0 Å². The third kappa shape index (κ3) is 2.78. The lowest BCUT2D eigenvalue weighted by atomic mass is 10.1. The Labute approximate surface area is 128 Å².